The molecule has 2 aromatic carbocycles. The van der Waals surface area contributed by atoms with Crippen LogP contribution in [-0.4, -0.2) is 33.0 Å². The Balaban J connectivity index is 1.33. The van der Waals surface area contributed by atoms with Crippen molar-refractivity contribution < 1.29 is 22.4 Å². The minimum Gasteiger partial charge on any atom is -0.402 e. The highest BCUT2D eigenvalue weighted by atomic mass is 19.4. The summed E-state index contributed by atoms with van der Waals surface area (Å²) in [5.41, 5.74) is 2.57. The van der Waals surface area contributed by atoms with Gasteiger partial charge >= 0.3 is 12.2 Å². The number of pyridine rings is 1. The lowest BCUT2D eigenvalue weighted by atomic mass is 10.0. The summed E-state index contributed by atoms with van der Waals surface area (Å²) in [7, 11) is 0. The summed E-state index contributed by atoms with van der Waals surface area (Å²) in [5.74, 6) is -0.262. The molecule has 0 saturated heterocycles. The molecule has 2 aliphatic rings. The average Bonchev–Trinajstić information content (AvgIpc) is 3.61. The number of benzene rings is 2. The molecule has 1 aliphatic carbocycles. The Bertz CT molecular complexity index is 1570. The molecule has 4 aromatic rings. The largest absolute Gasteiger partial charge is 0.417 e. The number of amides is 1. The standard InChI is InChI=1S/C28H23F3N6O2/c1-2-15-12-19(15)20-13-17(28(29,30)31)14-32-23(20)26-36-37-27(39-26)35-24-25(38)33-21-11-7-6-10-18(21)22(34-24)16-8-4-3-5-9-16/h3-11,13-15,19,24H,2,12H2,1H3,(H,33,38)(H,35,37)/t15-,19-,24+/m0/s1. The fourth-order valence-corrected chi connectivity index (χ4v) is 4.85. The molecule has 11 heteroatoms. The van der Waals surface area contributed by atoms with Crippen LogP contribution in [0.1, 0.15) is 47.9 Å². The van der Waals surface area contributed by atoms with Gasteiger partial charge in [-0.05, 0) is 36.0 Å². The zero-order chi connectivity index (χ0) is 27.1. The van der Waals surface area contributed by atoms with E-state index in [0.717, 1.165) is 36.2 Å². The van der Waals surface area contributed by atoms with E-state index in [-0.39, 0.29) is 29.4 Å². The fraction of sp³-hybridized carbons (Fsp3) is 0.250. The molecule has 2 N–H and O–H groups in total. The summed E-state index contributed by atoms with van der Waals surface area (Å²) in [4.78, 5) is 21.8. The van der Waals surface area contributed by atoms with E-state index in [1.165, 1.54) is 0 Å². The van der Waals surface area contributed by atoms with E-state index in [1.54, 1.807) is 6.07 Å². The van der Waals surface area contributed by atoms with Gasteiger partial charge in [-0.3, -0.25) is 9.78 Å². The number of aromatic nitrogens is 3. The second-order valence-corrected chi connectivity index (χ2v) is 9.51. The lowest BCUT2D eigenvalue weighted by Gasteiger charge is -2.12. The number of anilines is 2. The van der Waals surface area contributed by atoms with Gasteiger partial charge in [0.1, 0.15) is 5.69 Å². The van der Waals surface area contributed by atoms with Crippen LogP contribution in [0, 0.1) is 5.92 Å². The highest BCUT2D eigenvalue weighted by Crippen LogP contribution is 2.52. The van der Waals surface area contributed by atoms with Crippen molar-refractivity contribution in [2.45, 2.75) is 38.0 Å². The number of nitrogens with zero attached hydrogens (tertiary/aromatic N) is 4. The molecular formula is C28H23F3N6O2. The van der Waals surface area contributed by atoms with E-state index in [0.29, 0.717) is 17.0 Å². The topological polar surface area (TPSA) is 105 Å². The number of carbonyl (C=O) groups excluding carboxylic acids is 1. The summed E-state index contributed by atoms with van der Waals surface area (Å²) >= 11 is 0. The minimum absolute atomic E-state index is 0.0347. The van der Waals surface area contributed by atoms with Gasteiger partial charge in [0.15, 0.2) is 0 Å². The third-order valence-corrected chi connectivity index (χ3v) is 6.97. The predicted molar refractivity (Wildman–Crippen MR) is 138 cm³/mol. The molecule has 39 heavy (non-hydrogen) atoms. The van der Waals surface area contributed by atoms with E-state index in [4.69, 9.17) is 4.42 Å². The summed E-state index contributed by atoms with van der Waals surface area (Å²) in [5, 5.41) is 13.8. The molecule has 0 unspecified atom stereocenters. The Labute approximate surface area is 221 Å². The first-order chi connectivity index (χ1) is 18.8. The van der Waals surface area contributed by atoms with Gasteiger partial charge in [-0.2, -0.15) is 13.2 Å². The summed E-state index contributed by atoms with van der Waals surface area (Å²) in [6.07, 6.45) is -3.25. The highest BCUT2D eigenvalue weighted by molar-refractivity contribution is 6.19. The minimum atomic E-state index is -4.52. The first kappa shape index (κ1) is 24.8. The van der Waals surface area contributed by atoms with E-state index in [1.807, 2.05) is 55.5 Å². The smallest absolute Gasteiger partial charge is 0.402 e. The van der Waals surface area contributed by atoms with Crippen LogP contribution in [0.5, 0.6) is 0 Å². The lowest BCUT2D eigenvalue weighted by Crippen LogP contribution is -2.32. The van der Waals surface area contributed by atoms with Crippen molar-refractivity contribution in [2.75, 3.05) is 10.6 Å². The molecule has 1 amide bonds. The Kier molecular flexibility index (Phi) is 6.13. The zero-order valence-electron chi connectivity index (χ0n) is 20.7. The van der Waals surface area contributed by atoms with Gasteiger partial charge in [0.25, 0.3) is 11.8 Å². The average molecular weight is 533 g/mol. The van der Waals surface area contributed by atoms with Crippen LogP contribution in [0.25, 0.3) is 11.6 Å². The summed E-state index contributed by atoms with van der Waals surface area (Å²) < 4.78 is 46.0. The number of rotatable bonds is 6. The van der Waals surface area contributed by atoms with Crippen molar-refractivity contribution in [3.8, 4) is 11.6 Å². The predicted octanol–water partition coefficient (Wildman–Crippen LogP) is 5.89. The fourth-order valence-electron chi connectivity index (χ4n) is 4.85. The number of alkyl halides is 3. The molecule has 1 fully saturated rings. The van der Waals surface area contributed by atoms with E-state index in [2.05, 4.69) is 30.8 Å². The molecule has 6 rings (SSSR count). The summed E-state index contributed by atoms with van der Waals surface area (Å²) in [6.45, 7) is 2.00. The maximum Gasteiger partial charge on any atom is 0.417 e. The number of benzodiazepines with no additional fused rings is 1. The van der Waals surface area contributed by atoms with Crippen LogP contribution in [0.2, 0.25) is 0 Å². The van der Waals surface area contributed by atoms with E-state index < -0.39 is 23.8 Å². The van der Waals surface area contributed by atoms with Crippen molar-refractivity contribution in [1.82, 2.24) is 15.2 Å². The molecule has 198 valence electrons. The Morgan fingerprint density at radius 1 is 1.08 bits per heavy atom. The number of hydrogen-bond donors (Lipinski definition) is 2. The number of nitrogens with one attached hydrogen (secondary N) is 2. The summed E-state index contributed by atoms with van der Waals surface area (Å²) in [6, 6.07) is 17.8. The molecule has 0 spiro atoms. The van der Waals surface area contributed by atoms with Crippen LogP contribution in [-0.2, 0) is 11.0 Å². The second kappa shape index (κ2) is 9.64. The highest BCUT2D eigenvalue weighted by Gasteiger charge is 2.41. The van der Waals surface area contributed by atoms with Crippen molar-refractivity contribution >= 4 is 23.3 Å². The van der Waals surface area contributed by atoms with E-state index in [9.17, 15) is 18.0 Å². The van der Waals surface area contributed by atoms with Crippen molar-refractivity contribution in [1.29, 1.82) is 0 Å². The van der Waals surface area contributed by atoms with E-state index >= 15 is 0 Å². The molecule has 0 radical (unpaired) electrons. The second-order valence-electron chi connectivity index (χ2n) is 9.51. The maximum atomic E-state index is 13.4. The van der Waals surface area contributed by atoms with Gasteiger partial charge < -0.3 is 15.1 Å². The number of halogens is 3. The molecule has 8 nitrogen and oxygen atoms in total. The van der Waals surface area contributed by atoms with Crippen LogP contribution >= 0.6 is 0 Å². The number of carbonyl (C=O) groups is 1. The first-order valence-electron chi connectivity index (χ1n) is 12.5. The lowest BCUT2D eigenvalue weighted by molar-refractivity contribution is -0.137. The van der Waals surface area contributed by atoms with Crippen molar-refractivity contribution in [3.05, 3.63) is 89.1 Å². The van der Waals surface area contributed by atoms with Crippen LogP contribution in [0.4, 0.5) is 24.9 Å². The van der Waals surface area contributed by atoms with Gasteiger partial charge in [0.05, 0.1) is 17.0 Å². The normalized spacial score (nSPS) is 20.5. The molecule has 0 bridgehead atoms. The van der Waals surface area contributed by atoms with Crippen molar-refractivity contribution in [3.63, 3.8) is 0 Å². The molecule has 3 atom stereocenters. The molecule has 2 aromatic heterocycles. The molecular weight excluding hydrogens is 509 g/mol. The zero-order valence-corrected chi connectivity index (χ0v) is 20.7. The van der Waals surface area contributed by atoms with Gasteiger partial charge in [-0.15, -0.1) is 5.10 Å². The van der Waals surface area contributed by atoms with Gasteiger partial charge in [0, 0.05) is 17.3 Å². The number of hydrogen-bond acceptors (Lipinski definition) is 7. The SMILES string of the molecule is CC[C@H]1C[C@@H]1c1cc(C(F)(F)F)cnc1-c1nnc(N[C@H]2N=C(c3ccccc3)c3ccccc3NC2=O)o1. The van der Waals surface area contributed by atoms with Crippen LogP contribution < -0.4 is 10.6 Å². The monoisotopic (exact) mass is 532 g/mol. The Hall–Kier alpha value is -4.54. The number of para-hydroxylation sites is 1. The van der Waals surface area contributed by atoms with Gasteiger partial charge in [-0.25, -0.2) is 4.99 Å². The Morgan fingerprint density at radius 2 is 1.85 bits per heavy atom. The van der Waals surface area contributed by atoms with Gasteiger partial charge in [0.2, 0.25) is 6.17 Å². The quantitative estimate of drug-likeness (QED) is 0.321. The third-order valence-electron chi connectivity index (χ3n) is 6.97. The molecule has 3 heterocycles. The first-order valence-corrected chi connectivity index (χ1v) is 12.5. The van der Waals surface area contributed by atoms with Crippen LogP contribution in [0.15, 0.2) is 76.3 Å². The van der Waals surface area contributed by atoms with Crippen LogP contribution in [0.3, 0.4) is 0 Å². The maximum absolute atomic E-state index is 13.4. The molecule has 1 aliphatic heterocycles. The Morgan fingerprint density at radius 3 is 2.59 bits per heavy atom. The van der Waals surface area contributed by atoms with Gasteiger partial charge in [-0.1, -0.05) is 67.0 Å². The number of aliphatic imine (C=N–C) groups is 1. The number of fused-ring (bicyclic) bond motifs is 1. The van der Waals surface area contributed by atoms with Crippen molar-refractivity contribution in [2.24, 2.45) is 10.9 Å². The molecule has 1 saturated carbocycles. The third kappa shape index (κ3) is 4.87.